The number of anilines is 1. The molecule has 5 nitrogen and oxygen atoms in total. The van der Waals surface area contributed by atoms with Crippen molar-refractivity contribution in [2.24, 2.45) is 0 Å². The summed E-state index contributed by atoms with van der Waals surface area (Å²) in [7, 11) is 0. The summed E-state index contributed by atoms with van der Waals surface area (Å²) < 4.78 is 0. The lowest BCUT2D eigenvalue weighted by atomic mass is 10.0. The summed E-state index contributed by atoms with van der Waals surface area (Å²) in [4.78, 5) is 8.77. The summed E-state index contributed by atoms with van der Waals surface area (Å²) >= 11 is 0. The summed E-state index contributed by atoms with van der Waals surface area (Å²) in [6.07, 6.45) is 3.54. The molecule has 0 spiro atoms. The predicted octanol–water partition coefficient (Wildman–Crippen LogP) is 3.27. The Kier molecular flexibility index (Phi) is 2.83. The van der Waals surface area contributed by atoms with Crippen molar-refractivity contribution >= 4 is 16.9 Å². The van der Waals surface area contributed by atoms with Crippen LogP contribution in [0.2, 0.25) is 0 Å². The van der Waals surface area contributed by atoms with Crippen LogP contribution in [0.1, 0.15) is 0 Å². The Labute approximate surface area is 126 Å². The number of hydrogen-bond acceptors (Lipinski definition) is 4. The SMILES string of the molecule is Nc1n[nH]c2nc(-c3cccnc3)cc(-c3ccccc3)c12. The first-order valence-corrected chi connectivity index (χ1v) is 6.93. The molecule has 0 radical (unpaired) electrons. The third-order valence-electron chi connectivity index (χ3n) is 3.60. The Bertz CT molecular complexity index is 929. The number of rotatable bonds is 2. The topological polar surface area (TPSA) is 80.5 Å². The van der Waals surface area contributed by atoms with Gasteiger partial charge in [0.15, 0.2) is 11.5 Å². The van der Waals surface area contributed by atoms with E-state index in [1.165, 1.54) is 0 Å². The molecule has 5 heteroatoms. The maximum absolute atomic E-state index is 6.01. The molecule has 0 unspecified atom stereocenters. The molecule has 3 heterocycles. The Balaban J connectivity index is 2.03. The fraction of sp³-hybridized carbons (Fsp3) is 0. The lowest BCUT2D eigenvalue weighted by molar-refractivity contribution is 1.10. The van der Waals surface area contributed by atoms with Gasteiger partial charge < -0.3 is 5.73 Å². The zero-order valence-electron chi connectivity index (χ0n) is 11.7. The highest BCUT2D eigenvalue weighted by Crippen LogP contribution is 2.33. The van der Waals surface area contributed by atoms with E-state index in [9.17, 15) is 0 Å². The maximum Gasteiger partial charge on any atom is 0.158 e. The third kappa shape index (κ3) is 2.00. The smallest absolute Gasteiger partial charge is 0.158 e. The van der Waals surface area contributed by atoms with Gasteiger partial charge in [0.1, 0.15) is 0 Å². The van der Waals surface area contributed by atoms with Crippen LogP contribution < -0.4 is 5.73 Å². The number of aromatic amines is 1. The zero-order chi connectivity index (χ0) is 14.9. The second-order valence-electron chi connectivity index (χ2n) is 5.00. The average molecular weight is 287 g/mol. The predicted molar refractivity (Wildman–Crippen MR) is 87.0 cm³/mol. The minimum Gasteiger partial charge on any atom is -0.382 e. The number of H-pyrrole nitrogens is 1. The highest BCUT2D eigenvalue weighted by Gasteiger charge is 2.14. The molecule has 1 aromatic carbocycles. The van der Waals surface area contributed by atoms with Crippen molar-refractivity contribution in [3.63, 3.8) is 0 Å². The van der Waals surface area contributed by atoms with Crippen LogP contribution in [0, 0.1) is 0 Å². The highest BCUT2D eigenvalue weighted by atomic mass is 15.2. The van der Waals surface area contributed by atoms with Gasteiger partial charge in [0.25, 0.3) is 0 Å². The van der Waals surface area contributed by atoms with E-state index in [2.05, 4.69) is 20.2 Å². The molecule has 0 amide bonds. The first kappa shape index (κ1) is 12.5. The van der Waals surface area contributed by atoms with Crippen molar-refractivity contribution in [1.29, 1.82) is 0 Å². The first-order valence-electron chi connectivity index (χ1n) is 6.93. The van der Waals surface area contributed by atoms with Crippen LogP contribution >= 0.6 is 0 Å². The van der Waals surface area contributed by atoms with Crippen LogP contribution in [-0.2, 0) is 0 Å². The lowest BCUT2D eigenvalue weighted by Crippen LogP contribution is -1.91. The van der Waals surface area contributed by atoms with E-state index in [0.717, 1.165) is 27.8 Å². The Morgan fingerprint density at radius 2 is 1.77 bits per heavy atom. The van der Waals surface area contributed by atoms with Crippen molar-refractivity contribution in [1.82, 2.24) is 20.2 Å². The van der Waals surface area contributed by atoms with Gasteiger partial charge in [0.05, 0.1) is 11.1 Å². The van der Waals surface area contributed by atoms with E-state index < -0.39 is 0 Å². The van der Waals surface area contributed by atoms with Crippen LogP contribution in [0.4, 0.5) is 5.82 Å². The van der Waals surface area contributed by atoms with Gasteiger partial charge in [-0.3, -0.25) is 10.1 Å². The average Bonchev–Trinajstić information content (AvgIpc) is 2.97. The largest absolute Gasteiger partial charge is 0.382 e. The third-order valence-corrected chi connectivity index (χ3v) is 3.60. The molecule has 0 atom stereocenters. The Morgan fingerprint density at radius 3 is 2.55 bits per heavy atom. The number of nitrogens with zero attached hydrogens (tertiary/aromatic N) is 3. The van der Waals surface area contributed by atoms with Gasteiger partial charge in [-0.05, 0) is 29.3 Å². The quantitative estimate of drug-likeness (QED) is 0.593. The van der Waals surface area contributed by atoms with Crippen LogP contribution in [0.25, 0.3) is 33.4 Å². The molecule has 106 valence electrons. The minimum absolute atomic E-state index is 0.457. The Morgan fingerprint density at radius 1 is 0.955 bits per heavy atom. The lowest BCUT2D eigenvalue weighted by Gasteiger charge is -2.07. The van der Waals surface area contributed by atoms with Crippen molar-refractivity contribution in [2.75, 3.05) is 5.73 Å². The number of pyridine rings is 2. The van der Waals surface area contributed by atoms with Gasteiger partial charge in [-0.25, -0.2) is 4.98 Å². The molecule has 0 saturated heterocycles. The van der Waals surface area contributed by atoms with Gasteiger partial charge in [-0.1, -0.05) is 30.3 Å². The Hall–Kier alpha value is -3.21. The molecular formula is C17H13N5. The molecular weight excluding hydrogens is 274 g/mol. The number of benzene rings is 1. The van der Waals surface area contributed by atoms with Gasteiger partial charge in [-0.2, -0.15) is 5.10 Å². The standard InChI is InChI=1S/C17H13N5/c18-16-15-13(11-5-2-1-3-6-11)9-14(20-17(15)22-21-16)12-7-4-8-19-10-12/h1-10H,(H3,18,20,21,22). The first-order chi connectivity index (χ1) is 10.8. The van der Waals surface area contributed by atoms with Gasteiger partial charge in [0, 0.05) is 18.0 Å². The van der Waals surface area contributed by atoms with E-state index in [0.29, 0.717) is 11.5 Å². The number of nitrogens with one attached hydrogen (secondary N) is 1. The van der Waals surface area contributed by atoms with E-state index >= 15 is 0 Å². The minimum atomic E-state index is 0.457. The number of fused-ring (bicyclic) bond motifs is 1. The van der Waals surface area contributed by atoms with Crippen molar-refractivity contribution in [3.05, 3.63) is 60.9 Å². The number of aromatic nitrogens is 4. The van der Waals surface area contributed by atoms with Crippen LogP contribution in [0.15, 0.2) is 60.9 Å². The number of nitrogen functional groups attached to an aromatic ring is 1. The summed E-state index contributed by atoms with van der Waals surface area (Å²) in [5.41, 5.74) is 10.6. The number of nitrogens with two attached hydrogens (primary N) is 1. The second kappa shape index (κ2) is 4.96. The molecule has 0 aliphatic carbocycles. The van der Waals surface area contributed by atoms with E-state index in [4.69, 9.17) is 5.73 Å². The van der Waals surface area contributed by atoms with Crippen molar-refractivity contribution < 1.29 is 0 Å². The molecule has 3 aromatic heterocycles. The molecule has 4 rings (SSSR count). The molecule has 22 heavy (non-hydrogen) atoms. The molecule has 4 aromatic rings. The molecule has 0 aliphatic heterocycles. The molecule has 3 N–H and O–H groups in total. The van der Waals surface area contributed by atoms with Crippen molar-refractivity contribution in [3.8, 4) is 22.4 Å². The monoisotopic (exact) mass is 287 g/mol. The van der Waals surface area contributed by atoms with Crippen LogP contribution in [0.3, 0.4) is 0 Å². The van der Waals surface area contributed by atoms with E-state index in [1.54, 1.807) is 12.4 Å². The summed E-state index contributed by atoms with van der Waals surface area (Å²) in [5.74, 6) is 0.457. The number of hydrogen-bond donors (Lipinski definition) is 2. The van der Waals surface area contributed by atoms with Crippen LogP contribution in [0.5, 0.6) is 0 Å². The van der Waals surface area contributed by atoms with Crippen LogP contribution in [-0.4, -0.2) is 20.2 Å². The van der Waals surface area contributed by atoms with E-state index in [-0.39, 0.29) is 0 Å². The molecule has 0 aliphatic rings. The molecule has 0 fully saturated rings. The molecule has 0 bridgehead atoms. The van der Waals surface area contributed by atoms with E-state index in [1.807, 2.05) is 48.5 Å². The van der Waals surface area contributed by atoms with Gasteiger partial charge in [0.2, 0.25) is 0 Å². The van der Waals surface area contributed by atoms with Gasteiger partial charge in [-0.15, -0.1) is 0 Å². The maximum atomic E-state index is 6.01. The second-order valence-corrected chi connectivity index (χ2v) is 5.00. The highest BCUT2D eigenvalue weighted by molar-refractivity contribution is 6.01. The summed E-state index contributed by atoms with van der Waals surface area (Å²) in [6.45, 7) is 0. The molecule has 0 saturated carbocycles. The summed E-state index contributed by atoms with van der Waals surface area (Å²) in [5, 5.41) is 7.84. The normalized spacial score (nSPS) is 10.9. The summed E-state index contributed by atoms with van der Waals surface area (Å²) in [6, 6.07) is 16.0. The fourth-order valence-corrected chi connectivity index (χ4v) is 2.56. The fourth-order valence-electron chi connectivity index (χ4n) is 2.56. The zero-order valence-corrected chi connectivity index (χ0v) is 11.7. The van der Waals surface area contributed by atoms with Gasteiger partial charge >= 0.3 is 0 Å². The van der Waals surface area contributed by atoms with Crippen molar-refractivity contribution in [2.45, 2.75) is 0 Å².